The average Bonchev–Trinajstić information content (AvgIpc) is 2.91. The summed E-state index contributed by atoms with van der Waals surface area (Å²) in [7, 11) is 0. The van der Waals surface area contributed by atoms with Crippen LogP contribution in [-0.4, -0.2) is 49.9 Å². The Morgan fingerprint density at radius 2 is 1.59 bits per heavy atom. The lowest BCUT2D eigenvalue weighted by Gasteiger charge is -2.27. The summed E-state index contributed by atoms with van der Waals surface area (Å²) in [6.07, 6.45) is 0.873. The zero-order valence-electron chi connectivity index (χ0n) is 20.6. The third kappa shape index (κ3) is 8.87. The number of aliphatic carboxylic acids is 1. The van der Waals surface area contributed by atoms with E-state index in [4.69, 9.17) is 4.74 Å². The van der Waals surface area contributed by atoms with Gasteiger partial charge in [0.2, 0.25) is 0 Å². The zero-order chi connectivity index (χ0) is 28.4. The van der Waals surface area contributed by atoms with E-state index in [-0.39, 0.29) is 25.3 Å². The van der Waals surface area contributed by atoms with Gasteiger partial charge in [-0.15, -0.1) is 0 Å². The first-order valence-electron chi connectivity index (χ1n) is 11.8. The Morgan fingerprint density at radius 3 is 2.13 bits per heavy atom. The van der Waals surface area contributed by atoms with Crippen molar-refractivity contribution < 1.29 is 33.1 Å². The summed E-state index contributed by atoms with van der Waals surface area (Å²) in [5.74, 6) is -1.34. The number of benzene rings is 3. The third-order valence-corrected chi connectivity index (χ3v) is 7.01. The summed E-state index contributed by atoms with van der Waals surface area (Å²) in [5, 5.41) is 23.1. The van der Waals surface area contributed by atoms with Gasteiger partial charge < -0.3 is 15.2 Å². The number of nitrogens with zero attached hydrogens (tertiary/aromatic N) is 2. The first-order chi connectivity index (χ1) is 18.7. The molecule has 3 aromatic carbocycles. The highest BCUT2D eigenvalue weighted by Crippen LogP contribution is 2.27. The van der Waals surface area contributed by atoms with Gasteiger partial charge in [-0.05, 0) is 66.8 Å². The number of nitro groups is 1. The normalized spacial score (nSPS) is 12.3. The fraction of sp³-hybridized carbons (Fsp3) is 0.231. The maximum atomic E-state index is 12.1. The first kappa shape index (κ1) is 29.7. The molecule has 13 heteroatoms. The Labute approximate surface area is 235 Å². The van der Waals surface area contributed by atoms with Gasteiger partial charge in [0.1, 0.15) is 11.8 Å². The maximum Gasteiger partial charge on any atom is 0.327 e. The van der Waals surface area contributed by atoms with Crippen LogP contribution in [0.1, 0.15) is 19.3 Å². The number of hydrogen-bond acceptors (Lipinski definition) is 6. The topological polar surface area (TPSA) is 159 Å². The summed E-state index contributed by atoms with van der Waals surface area (Å²) in [6, 6.07) is 18.4. The lowest BCUT2D eigenvalue weighted by Crippen LogP contribution is -2.42. The number of carbonyl (C=O) groups excluding carboxylic acids is 1. The average molecular weight is 620 g/mol. The number of ether oxygens (including phenoxy) is 1. The molecule has 2 unspecified atom stereocenters. The second-order valence-corrected chi connectivity index (χ2v) is 10.1. The van der Waals surface area contributed by atoms with Gasteiger partial charge in [0.05, 0.1) is 10.6 Å². The number of hydrogen-bond donors (Lipinski definition) is 3. The molecular formula is C26H26BrN3O8S. The molecule has 0 spiro atoms. The Morgan fingerprint density at radius 1 is 1.00 bits per heavy atom. The van der Waals surface area contributed by atoms with Gasteiger partial charge in [0.15, 0.2) is 6.61 Å². The molecule has 2 atom stereocenters. The number of carboxylic acid groups (broad SMARTS) is 1. The molecule has 3 aromatic rings. The Kier molecular flexibility index (Phi) is 11.0. The Balaban J connectivity index is 1.49. The van der Waals surface area contributed by atoms with Crippen molar-refractivity contribution in [3.8, 4) is 16.9 Å². The predicted octanol–water partition coefficient (Wildman–Crippen LogP) is 4.79. The molecule has 206 valence electrons. The summed E-state index contributed by atoms with van der Waals surface area (Å²) in [6.45, 7) is -0.0397. The zero-order valence-corrected chi connectivity index (χ0v) is 23.0. The van der Waals surface area contributed by atoms with E-state index in [2.05, 4.69) is 21.2 Å². The van der Waals surface area contributed by atoms with Crippen molar-refractivity contribution in [3.05, 3.63) is 87.4 Å². The number of halogens is 1. The first-order valence-corrected chi connectivity index (χ1v) is 13.6. The molecule has 0 radical (unpaired) electrons. The van der Waals surface area contributed by atoms with E-state index < -0.39 is 34.1 Å². The largest absolute Gasteiger partial charge is 0.484 e. The molecule has 0 bridgehead atoms. The number of nitro benzene ring substituents is 1. The summed E-state index contributed by atoms with van der Waals surface area (Å²) in [5.41, 5.74) is 2.01. The van der Waals surface area contributed by atoms with E-state index in [1.54, 1.807) is 24.3 Å². The smallest absolute Gasteiger partial charge is 0.327 e. The van der Waals surface area contributed by atoms with Gasteiger partial charge >= 0.3 is 5.97 Å². The fourth-order valence-electron chi connectivity index (χ4n) is 3.72. The lowest BCUT2D eigenvalue weighted by molar-refractivity contribution is -0.384. The van der Waals surface area contributed by atoms with Crippen LogP contribution in [-0.2, 0) is 20.9 Å². The second kappa shape index (κ2) is 14.4. The number of carboxylic acids is 1. The molecule has 3 rings (SSSR count). The number of anilines is 1. The molecule has 0 heterocycles. The molecule has 0 fully saturated rings. The molecular weight excluding hydrogens is 594 g/mol. The van der Waals surface area contributed by atoms with Crippen LogP contribution in [0.5, 0.6) is 5.75 Å². The molecule has 0 aromatic heterocycles. The fourth-order valence-corrected chi connectivity index (χ4v) is 4.70. The van der Waals surface area contributed by atoms with Crippen LogP contribution in [0.15, 0.2) is 77.3 Å². The Hall–Kier alpha value is -3.81. The number of carbonyl (C=O) groups is 2. The van der Waals surface area contributed by atoms with Crippen LogP contribution in [0.3, 0.4) is 0 Å². The number of non-ortho nitro benzene ring substituents is 1. The maximum absolute atomic E-state index is 12.1. The molecule has 1 amide bonds. The summed E-state index contributed by atoms with van der Waals surface area (Å²) >= 11 is 0.809. The van der Waals surface area contributed by atoms with E-state index in [9.17, 15) is 33.6 Å². The number of amides is 1. The van der Waals surface area contributed by atoms with Crippen LogP contribution in [0.25, 0.3) is 11.1 Å². The van der Waals surface area contributed by atoms with Crippen LogP contribution in [0, 0.1) is 10.1 Å². The number of nitrogens with one attached hydrogen (secondary N) is 1. The molecule has 0 saturated heterocycles. The van der Waals surface area contributed by atoms with Gasteiger partial charge in [0.25, 0.3) is 22.9 Å². The van der Waals surface area contributed by atoms with Crippen molar-refractivity contribution in [2.24, 2.45) is 0 Å². The monoisotopic (exact) mass is 619 g/mol. The van der Waals surface area contributed by atoms with Gasteiger partial charge in [-0.2, -0.15) is 0 Å². The third-order valence-electron chi connectivity index (χ3n) is 5.68. The minimum Gasteiger partial charge on any atom is -0.484 e. The lowest BCUT2D eigenvalue weighted by atomic mass is 10.0. The predicted molar refractivity (Wildman–Crippen MR) is 150 cm³/mol. The molecule has 0 aliphatic heterocycles. The highest BCUT2D eigenvalue weighted by molar-refractivity contribution is 9.10. The van der Waals surface area contributed by atoms with Crippen molar-refractivity contribution in [2.45, 2.75) is 25.3 Å². The quantitative estimate of drug-likeness (QED) is 0.100. The van der Waals surface area contributed by atoms with Crippen molar-refractivity contribution in [1.29, 1.82) is 0 Å². The molecule has 11 nitrogen and oxygen atoms in total. The van der Waals surface area contributed by atoms with Crippen molar-refractivity contribution in [2.75, 3.05) is 17.5 Å². The number of rotatable bonds is 14. The van der Waals surface area contributed by atoms with Crippen LogP contribution in [0.2, 0.25) is 0 Å². The van der Waals surface area contributed by atoms with Gasteiger partial charge in [-0.3, -0.25) is 23.8 Å². The summed E-state index contributed by atoms with van der Waals surface area (Å²) < 4.78 is 29.2. The molecule has 39 heavy (non-hydrogen) atoms. The van der Waals surface area contributed by atoms with Gasteiger partial charge in [0, 0.05) is 23.2 Å². The van der Waals surface area contributed by atoms with Crippen LogP contribution in [0.4, 0.5) is 11.4 Å². The van der Waals surface area contributed by atoms with E-state index in [0.29, 0.717) is 24.3 Å². The minimum atomic E-state index is -2.58. The highest BCUT2D eigenvalue weighted by Gasteiger charge is 2.29. The van der Waals surface area contributed by atoms with E-state index >= 15 is 0 Å². The summed E-state index contributed by atoms with van der Waals surface area (Å²) in [4.78, 5) is 34.1. The van der Waals surface area contributed by atoms with E-state index in [1.165, 1.54) is 24.3 Å². The van der Waals surface area contributed by atoms with Crippen molar-refractivity contribution in [3.63, 3.8) is 0 Å². The minimum absolute atomic E-state index is 0.0747. The van der Waals surface area contributed by atoms with Crippen LogP contribution >= 0.6 is 15.9 Å². The molecule has 0 aliphatic rings. The highest BCUT2D eigenvalue weighted by atomic mass is 79.9. The van der Waals surface area contributed by atoms with E-state index in [0.717, 1.165) is 19.9 Å². The standard InChI is InChI=1S/C26H26BrN3O8S/c27-20-8-4-18(5-9-20)19-6-10-21(11-7-19)29(39(36)37)24(26(32)33)3-1-2-16-28-25(31)17-38-23-14-12-22(13-15-23)30(34)35/h4-15,24H,1-3,16-17H2,(H,28,31)(H,32,33)(H,36,37). The Bertz CT molecular complexity index is 1300. The SMILES string of the molecule is O=C(COc1ccc([N+](=O)[O-])cc1)NCCCCC(C(=O)O)N(c1ccc(-c2ccc(Br)cc2)cc1)S(=O)O. The number of unbranched alkanes of at least 4 members (excludes halogenated alkanes) is 1. The van der Waals surface area contributed by atoms with Crippen molar-refractivity contribution >= 4 is 50.4 Å². The van der Waals surface area contributed by atoms with Crippen molar-refractivity contribution in [1.82, 2.24) is 5.32 Å². The van der Waals surface area contributed by atoms with Crippen LogP contribution < -0.4 is 14.4 Å². The van der Waals surface area contributed by atoms with Gasteiger partial charge in [-0.25, -0.2) is 9.00 Å². The molecule has 0 aliphatic carbocycles. The molecule has 3 N–H and O–H groups in total. The second-order valence-electron chi connectivity index (χ2n) is 8.35. The van der Waals surface area contributed by atoms with Gasteiger partial charge in [-0.1, -0.05) is 40.2 Å². The van der Waals surface area contributed by atoms with E-state index in [1.807, 2.05) is 24.3 Å². The molecule has 0 saturated carbocycles.